The first-order chi connectivity index (χ1) is 12.5. The summed E-state index contributed by atoms with van der Waals surface area (Å²) in [7, 11) is 1.58. The maximum Gasteiger partial charge on any atom is 0.229 e. The zero-order valence-electron chi connectivity index (χ0n) is 14.0. The van der Waals surface area contributed by atoms with E-state index in [1.807, 2.05) is 6.07 Å². The van der Waals surface area contributed by atoms with Gasteiger partial charge in [-0.3, -0.25) is 9.59 Å². The van der Waals surface area contributed by atoms with Crippen LogP contribution in [0.2, 0.25) is 5.02 Å². The average Bonchev–Trinajstić information content (AvgIpc) is 3.04. The van der Waals surface area contributed by atoms with Gasteiger partial charge in [0.1, 0.15) is 11.8 Å². The molecule has 0 aromatic heterocycles. The normalized spacial score (nSPS) is 16.3. The summed E-state index contributed by atoms with van der Waals surface area (Å²) in [6.07, 6.45) is 0.141. The topological polar surface area (TPSA) is 82.4 Å². The van der Waals surface area contributed by atoms with E-state index in [9.17, 15) is 9.59 Å². The molecule has 1 aliphatic rings. The van der Waals surface area contributed by atoms with E-state index in [1.54, 1.807) is 48.4 Å². The quantitative estimate of drug-likeness (QED) is 0.897. The van der Waals surface area contributed by atoms with Crippen molar-refractivity contribution < 1.29 is 14.3 Å². The van der Waals surface area contributed by atoms with Crippen LogP contribution >= 0.6 is 11.6 Å². The number of carbonyl (C=O) groups is 2. The molecule has 1 heterocycles. The van der Waals surface area contributed by atoms with Crippen molar-refractivity contribution in [3.05, 3.63) is 53.1 Å². The summed E-state index contributed by atoms with van der Waals surface area (Å²) in [5.41, 5.74) is 1.56. The number of nitrogens with one attached hydrogen (secondary N) is 1. The number of anilines is 2. The highest BCUT2D eigenvalue weighted by molar-refractivity contribution is 6.32. The molecule has 1 N–H and O–H groups in total. The van der Waals surface area contributed by atoms with Crippen molar-refractivity contribution in [1.82, 2.24) is 0 Å². The van der Waals surface area contributed by atoms with Crippen LogP contribution in [0.15, 0.2) is 42.5 Å². The van der Waals surface area contributed by atoms with Gasteiger partial charge in [-0.05, 0) is 42.5 Å². The Balaban J connectivity index is 1.68. The minimum absolute atomic E-state index is 0.104. The molecule has 0 bridgehead atoms. The Morgan fingerprint density at radius 1 is 1.31 bits per heavy atom. The van der Waals surface area contributed by atoms with Crippen molar-refractivity contribution in [1.29, 1.82) is 5.26 Å². The monoisotopic (exact) mass is 369 g/mol. The Bertz CT molecular complexity index is 890. The average molecular weight is 370 g/mol. The molecular weight excluding hydrogens is 354 g/mol. The smallest absolute Gasteiger partial charge is 0.229 e. The van der Waals surface area contributed by atoms with Gasteiger partial charge in [0.15, 0.2) is 0 Å². The van der Waals surface area contributed by atoms with Crippen molar-refractivity contribution in [3.63, 3.8) is 0 Å². The van der Waals surface area contributed by atoms with E-state index in [4.69, 9.17) is 21.6 Å². The van der Waals surface area contributed by atoms with Gasteiger partial charge in [0.25, 0.3) is 0 Å². The van der Waals surface area contributed by atoms with Gasteiger partial charge in [-0.25, -0.2) is 0 Å². The number of benzene rings is 2. The van der Waals surface area contributed by atoms with E-state index < -0.39 is 5.92 Å². The van der Waals surface area contributed by atoms with Crippen molar-refractivity contribution in [3.8, 4) is 11.8 Å². The molecular formula is C19H16ClN3O3. The van der Waals surface area contributed by atoms with E-state index in [-0.39, 0.29) is 23.3 Å². The van der Waals surface area contributed by atoms with Crippen LogP contribution in [-0.2, 0) is 9.59 Å². The van der Waals surface area contributed by atoms with E-state index >= 15 is 0 Å². The highest BCUT2D eigenvalue weighted by atomic mass is 35.5. The van der Waals surface area contributed by atoms with Crippen LogP contribution in [0.5, 0.6) is 5.75 Å². The number of amides is 2. The minimum Gasteiger partial charge on any atom is -0.497 e. The zero-order valence-corrected chi connectivity index (χ0v) is 14.8. The molecule has 2 amide bonds. The van der Waals surface area contributed by atoms with E-state index in [1.165, 1.54) is 6.07 Å². The third-order valence-corrected chi connectivity index (χ3v) is 4.55. The third kappa shape index (κ3) is 3.63. The summed E-state index contributed by atoms with van der Waals surface area (Å²) in [5, 5.41) is 11.9. The first kappa shape index (κ1) is 17.8. The molecule has 1 aliphatic heterocycles. The van der Waals surface area contributed by atoms with Crippen molar-refractivity contribution in [2.45, 2.75) is 6.42 Å². The van der Waals surface area contributed by atoms with Crippen molar-refractivity contribution >= 4 is 34.8 Å². The largest absolute Gasteiger partial charge is 0.497 e. The molecule has 1 fully saturated rings. The van der Waals surface area contributed by atoms with Gasteiger partial charge in [0, 0.05) is 24.3 Å². The molecule has 132 valence electrons. The van der Waals surface area contributed by atoms with Gasteiger partial charge in [-0.15, -0.1) is 0 Å². The molecule has 0 radical (unpaired) electrons. The Morgan fingerprint density at radius 3 is 2.65 bits per heavy atom. The van der Waals surface area contributed by atoms with Crippen LogP contribution in [0.25, 0.3) is 0 Å². The zero-order chi connectivity index (χ0) is 18.7. The number of nitriles is 1. The van der Waals surface area contributed by atoms with Crippen molar-refractivity contribution in [2.24, 2.45) is 5.92 Å². The number of nitrogens with zero attached hydrogens (tertiary/aromatic N) is 2. The molecule has 26 heavy (non-hydrogen) atoms. The Labute approximate surface area is 155 Å². The van der Waals surface area contributed by atoms with Crippen LogP contribution < -0.4 is 15.0 Å². The highest BCUT2D eigenvalue weighted by Crippen LogP contribution is 2.28. The predicted molar refractivity (Wildman–Crippen MR) is 98.3 cm³/mol. The summed E-state index contributed by atoms with van der Waals surface area (Å²) >= 11 is 5.98. The number of rotatable bonds is 4. The fourth-order valence-corrected chi connectivity index (χ4v) is 3.05. The lowest BCUT2D eigenvalue weighted by molar-refractivity contribution is -0.122. The molecule has 3 rings (SSSR count). The van der Waals surface area contributed by atoms with Crippen LogP contribution in [0, 0.1) is 17.2 Å². The van der Waals surface area contributed by atoms with Gasteiger partial charge < -0.3 is 15.0 Å². The van der Waals surface area contributed by atoms with Crippen LogP contribution in [0.1, 0.15) is 12.0 Å². The summed E-state index contributed by atoms with van der Waals surface area (Å²) in [6.45, 7) is 0.307. The molecule has 7 heteroatoms. The molecule has 1 saturated heterocycles. The van der Waals surface area contributed by atoms with Gasteiger partial charge >= 0.3 is 0 Å². The molecule has 0 aliphatic carbocycles. The number of halogens is 1. The fourth-order valence-electron chi connectivity index (χ4n) is 2.82. The molecule has 0 spiro atoms. The number of methoxy groups -OCH3 is 1. The molecule has 1 atom stereocenters. The second-order valence-electron chi connectivity index (χ2n) is 5.90. The van der Waals surface area contributed by atoms with E-state index in [0.29, 0.717) is 23.5 Å². The lowest BCUT2D eigenvalue weighted by atomic mass is 10.1. The van der Waals surface area contributed by atoms with E-state index in [0.717, 1.165) is 5.69 Å². The van der Waals surface area contributed by atoms with Gasteiger partial charge in [0.2, 0.25) is 11.8 Å². The second-order valence-corrected chi connectivity index (χ2v) is 6.31. The lowest BCUT2D eigenvalue weighted by Crippen LogP contribution is -2.28. The van der Waals surface area contributed by atoms with Crippen LogP contribution in [-0.4, -0.2) is 25.5 Å². The Hall–Kier alpha value is -3.04. The number of carbonyl (C=O) groups excluding carboxylic acids is 2. The maximum absolute atomic E-state index is 12.5. The molecule has 2 aromatic carbocycles. The van der Waals surface area contributed by atoms with E-state index in [2.05, 4.69) is 5.32 Å². The molecule has 0 unspecified atom stereocenters. The Morgan fingerprint density at radius 2 is 2.04 bits per heavy atom. The maximum atomic E-state index is 12.5. The Kier molecular flexibility index (Phi) is 5.10. The molecule has 0 saturated carbocycles. The number of hydrogen-bond donors (Lipinski definition) is 1. The lowest BCUT2D eigenvalue weighted by Gasteiger charge is -2.17. The van der Waals surface area contributed by atoms with Gasteiger partial charge in [-0.1, -0.05) is 11.6 Å². The van der Waals surface area contributed by atoms with Gasteiger partial charge in [0.05, 0.1) is 23.6 Å². The minimum atomic E-state index is -0.459. The first-order valence-corrected chi connectivity index (χ1v) is 8.34. The summed E-state index contributed by atoms with van der Waals surface area (Å²) < 4.78 is 5.11. The summed E-state index contributed by atoms with van der Waals surface area (Å²) in [6, 6.07) is 13.8. The predicted octanol–water partition coefficient (Wildman–Crippen LogP) is 3.21. The van der Waals surface area contributed by atoms with Crippen molar-refractivity contribution in [2.75, 3.05) is 23.9 Å². The highest BCUT2D eigenvalue weighted by Gasteiger charge is 2.35. The van der Waals surface area contributed by atoms with Crippen LogP contribution in [0.4, 0.5) is 11.4 Å². The first-order valence-electron chi connectivity index (χ1n) is 7.96. The SMILES string of the molecule is COc1ccc(N2C[C@@H](C(=O)Nc3ccc(C#N)c(Cl)c3)CC2=O)cc1. The molecule has 6 nitrogen and oxygen atoms in total. The number of ether oxygens (including phenoxy) is 1. The van der Waals surface area contributed by atoms with Crippen LogP contribution in [0.3, 0.4) is 0 Å². The standard InChI is InChI=1S/C19H16ClN3O3/c1-26-16-6-4-15(5-7-16)23-11-13(8-18(23)24)19(25)22-14-3-2-12(10-21)17(20)9-14/h2-7,9,13H,8,11H2,1H3,(H,22,25)/t13-/m0/s1. The molecule has 2 aromatic rings. The third-order valence-electron chi connectivity index (χ3n) is 4.24. The van der Waals surface area contributed by atoms with Gasteiger partial charge in [-0.2, -0.15) is 5.26 Å². The summed E-state index contributed by atoms with van der Waals surface area (Å²) in [5.74, 6) is -0.116. The summed E-state index contributed by atoms with van der Waals surface area (Å²) in [4.78, 5) is 26.4. The fraction of sp³-hybridized carbons (Fsp3) is 0.211. The number of hydrogen-bond acceptors (Lipinski definition) is 4. The second kappa shape index (κ2) is 7.46.